The van der Waals surface area contributed by atoms with E-state index in [0.29, 0.717) is 5.56 Å². The van der Waals surface area contributed by atoms with Gasteiger partial charge in [0.25, 0.3) is 11.8 Å². The van der Waals surface area contributed by atoms with Crippen LogP contribution in [0, 0.1) is 23.7 Å². The number of esters is 1. The zero-order valence-corrected chi connectivity index (χ0v) is 21.2. The number of rotatable bonds is 7. The highest BCUT2D eigenvalue weighted by atomic mass is 79.9. The molecule has 1 saturated heterocycles. The molecule has 9 nitrogen and oxygen atoms in total. The first-order valence-corrected chi connectivity index (χ1v) is 12.7. The lowest BCUT2D eigenvalue weighted by Crippen LogP contribution is -2.49. The third kappa shape index (κ3) is 4.93. The van der Waals surface area contributed by atoms with E-state index >= 15 is 0 Å². The molecule has 0 unspecified atom stereocenters. The zero-order chi connectivity index (χ0) is 26.1. The maximum absolute atomic E-state index is 13.3. The summed E-state index contributed by atoms with van der Waals surface area (Å²) in [5.74, 6) is -3.80. The van der Waals surface area contributed by atoms with E-state index in [1.807, 2.05) is 18.2 Å². The first-order chi connectivity index (χ1) is 17.8. The standard InChI is InChI=1S/C27H24BrN3O6/c28-19-10-8-16(9-11-19)24(33)30-29-21(32)14-37-27(36)20(12-15-4-2-1-3-5-15)31-25(34)22-17-6-7-18(13-17)23(22)26(31)35/h1-11,17-18,20,22-23H,12-14H2,(H,29,32)(H,30,33)/t17-,18-,20-,22+,23+/m0/s1. The lowest BCUT2D eigenvalue weighted by atomic mass is 9.85. The monoisotopic (exact) mass is 565 g/mol. The second kappa shape index (κ2) is 10.3. The number of fused-ring (bicyclic) bond motifs is 5. The van der Waals surface area contributed by atoms with Crippen LogP contribution in [0.2, 0.25) is 0 Å². The van der Waals surface area contributed by atoms with Crippen molar-refractivity contribution in [2.75, 3.05) is 6.61 Å². The van der Waals surface area contributed by atoms with Crippen LogP contribution in [-0.2, 0) is 30.3 Å². The van der Waals surface area contributed by atoms with E-state index in [0.717, 1.165) is 21.4 Å². The molecular formula is C27H24BrN3O6. The molecule has 2 aromatic rings. The van der Waals surface area contributed by atoms with Crippen LogP contribution >= 0.6 is 15.9 Å². The molecule has 10 heteroatoms. The predicted molar refractivity (Wildman–Crippen MR) is 134 cm³/mol. The number of allylic oxidation sites excluding steroid dienone is 2. The van der Waals surface area contributed by atoms with Crippen LogP contribution in [0.1, 0.15) is 22.3 Å². The van der Waals surface area contributed by atoms with E-state index in [9.17, 15) is 24.0 Å². The van der Waals surface area contributed by atoms with Crippen LogP contribution in [0.5, 0.6) is 0 Å². The fraction of sp³-hybridized carbons (Fsp3) is 0.296. The topological polar surface area (TPSA) is 122 Å². The summed E-state index contributed by atoms with van der Waals surface area (Å²) in [5, 5.41) is 0. The minimum Gasteiger partial charge on any atom is -0.454 e. The Balaban J connectivity index is 1.24. The number of hydrogen-bond acceptors (Lipinski definition) is 6. The Morgan fingerprint density at radius 2 is 1.54 bits per heavy atom. The van der Waals surface area contributed by atoms with Crippen LogP contribution in [0.3, 0.4) is 0 Å². The number of benzene rings is 2. The molecule has 2 aliphatic carbocycles. The number of hydrogen-bond donors (Lipinski definition) is 2. The Kier molecular flexibility index (Phi) is 6.92. The molecule has 0 radical (unpaired) electrons. The Bertz CT molecular complexity index is 1250. The summed E-state index contributed by atoms with van der Waals surface area (Å²) < 4.78 is 6.02. The quantitative estimate of drug-likeness (QED) is 0.229. The van der Waals surface area contributed by atoms with Crippen molar-refractivity contribution in [2.45, 2.75) is 18.9 Å². The SMILES string of the molecule is O=C(COC(=O)[C@H](Cc1ccccc1)N1C(=O)[C@H]2[C@H](C1=O)[C@H]1C=C[C@H]2C1)NNC(=O)c1ccc(Br)cc1. The normalized spacial score (nSPS) is 24.1. The molecule has 1 saturated carbocycles. The van der Waals surface area contributed by atoms with E-state index in [-0.39, 0.29) is 30.1 Å². The molecule has 0 aromatic heterocycles. The molecule has 3 aliphatic rings. The van der Waals surface area contributed by atoms with E-state index in [4.69, 9.17) is 4.74 Å². The number of ether oxygens (including phenoxy) is 1. The van der Waals surface area contributed by atoms with Crippen molar-refractivity contribution in [3.05, 3.63) is 82.3 Å². The largest absolute Gasteiger partial charge is 0.454 e. The van der Waals surface area contributed by atoms with Gasteiger partial charge in [-0.1, -0.05) is 58.4 Å². The van der Waals surface area contributed by atoms with E-state index in [1.165, 1.54) is 0 Å². The minimum absolute atomic E-state index is 0.00459. The fourth-order valence-electron chi connectivity index (χ4n) is 5.42. The molecule has 0 spiro atoms. The second-order valence-electron chi connectivity index (χ2n) is 9.37. The summed E-state index contributed by atoms with van der Waals surface area (Å²) in [4.78, 5) is 65.3. The summed E-state index contributed by atoms with van der Waals surface area (Å²) in [7, 11) is 0. The van der Waals surface area contributed by atoms with E-state index in [1.54, 1.807) is 48.5 Å². The molecule has 4 amide bonds. The van der Waals surface area contributed by atoms with E-state index in [2.05, 4.69) is 26.8 Å². The molecule has 2 fully saturated rings. The van der Waals surface area contributed by atoms with Gasteiger partial charge in [0.05, 0.1) is 11.8 Å². The number of halogens is 1. The highest BCUT2D eigenvalue weighted by Crippen LogP contribution is 2.53. The third-order valence-corrected chi connectivity index (χ3v) is 7.66. The fourth-order valence-corrected chi connectivity index (χ4v) is 5.68. The average molecular weight is 566 g/mol. The van der Waals surface area contributed by atoms with Gasteiger partial charge in [-0.3, -0.25) is 34.9 Å². The van der Waals surface area contributed by atoms with Gasteiger partial charge in [-0.05, 0) is 48.1 Å². The predicted octanol–water partition coefficient (Wildman–Crippen LogP) is 2.17. The molecule has 37 heavy (non-hydrogen) atoms. The van der Waals surface area contributed by atoms with Gasteiger partial charge in [0.15, 0.2) is 6.61 Å². The van der Waals surface area contributed by atoms with Gasteiger partial charge in [0, 0.05) is 16.5 Å². The number of nitrogens with zero attached hydrogens (tertiary/aromatic N) is 1. The number of imide groups is 1. The Labute approximate surface area is 221 Å². The van der Waals surface area contributed by atoms with Crippen molar-refractivity contribution in [3.63, 3.8) is 0 Å². The Hall–Kier alpha value is -3.79. The molecule has 1 aliphatic heterocycles. The first kappa shape index (κ1) is 24.9. The number of amides is 4. The summed E-state index contributed by atoms with van der Waals surface area (Å²) in [6.45, 7) is -0.694. The van der Waals surface area contributed by atoms with E-state index < -0.39 is 42.3 Å². The molecule has 190 valence electrons. The lowest BCUT2D eigenvalue weighted by molar-refractivity contribution is -0.160. The zero-order valence-electron chi connectivity index (χ0n) is 19.6. The van der Waals surface area contributed by atoms with Gasteiger partial charge in [-0.2, -0.15) is 0 Å². The van der Waals surface area contributed by atoms with Gasteiger partial charge in [-0.15, -0.1) is 0 Å². The molecule has 2 bridgehead atoms. The molecular weight excluding hydrogens is 542 g/mol. The maximum atomic E-state index is 13.3. The van der Waals surface area contributed by atoms with Crippen LogP contribution in [0.15, 0.2) is 71.2 Å². The number of carbonyl (C=O) groups excluding carboxylic acids is 5. The third-order valence-electron chi connectivity index (χ3n) is 7.13. The smallest absolute Gasteiger partial charge is 0.330 e. The minimum atomic E-state index is -1.20. The number of carbonyl (C=O) groups is 5. The molecule has 2 N–H and O–H groups in total. The molecule has 5 rings (SSSR count). The molecule has 1 heterocycles. The van der Waals surface area contributed by atoms with Gasteiger partial charge in [0.1, 0.15) is 6.04 Å². The van der Waals surface area contributed by atoms with Crippen LogP contribution < -0.4 is 10.9 Å². The summed E-state index contributed by atoms with van der Waals surface area (Å²) in [6.07, 6.45) is 4.82. The van der Waals surface area contributed by atoms with Crippen molar-refractivity contribution in [1.29, 1.82) is 0 Å². The molecule has 5 atom stereocenters. The number of nitrogens with one attached hydrogen (secondary N) is 2. The van der Waals surface area contributed by atoms with Gasteiger partial charge >= 0.3 is 5.97 Å². The maximum Gasteiger partial charge on any atom is 0.330 e. The Morgan fingerprint density at radius 1 is 0.919 bits per heavy atom. The highest BCUT2D eigenvalue weighted by molar-refractivity contribution is 9.10. The van der Waals surface area contributed by atoms with Crippen molar-refractivity contribution in [3.8, 4) is 0 Å². The van der Waals surface area contributed by atoms with Crippen LogP contribution in [-0.4, -0.2) is 47.1 Å². The summed E-state index contributed by atoms with van der Waals surface area (Å²) in [6, 6.07) is 14.3. The van der Waals surface area contributed by atoms with Crippen molar-refractivity contribution in [2.24, 2.45) is 23.7 Å². The Morgan fingerprint density at radius 3 is 2.16 bits per heavy atom. The average Bonchev–Trinajstić information content (AvgIpc) is 3.59. The van der Waals surface area contributed by atoms with Crippen molar-refractivity contribution >= 4 is 45.5 Å². The van der Waals surface area contributed by atoms with Crippen LogP contribution in [0.4, 0.5) is 0 Å². The summed E-state index contributed by atoms with van der Waals surface area (Å²) in [5.41, 5.74) is 5.52. The van der Waals surface area contributed by atoms with Crippen molar-refractivity contribution in [1.82, 2.24) is 15.8 Å². The van der Waals surface area contributed by atoms with Crippen molar-refractivity contribution < 1.29 is 28.7 Å². The first-order valence-electron chi connectivity index (χ1n) is 11.9. The van der Waals surface area contributed by atoms with Crippen LogP contribution in [0.25, 0.3) is 0 Å². The number of likely N-dealkylation sites (tertiary alicyclic amines) is 1. The summed E-state index contributed by atoms with van der Waals surface area (Å²) >= 11 is 3.28. The highest BCUT2D eigenvalue weighted by Gasteiger charge is 2.61. The molecule has 2 aromatic carbocycles. The second-order valence-corrected chi connectivity index (χ2v) is 10.3. The van der Waals surface area contributed by atoms with Gasteiger partial charge < -0.3 is 4.74 Å². The van der Waals surface area contributed by atoms with Gasteiger partial charge in [-0.25, -0.2) is 4.79 Å². The van der Waals surface area contributed by atoms with Gasteiger partial charge in [0.2, 0.25) is 11.8 Å². The number of hydrazine groups is 1. The lowest BCUT2D eigenvalue weighted by Gasteiger charge is -2.26.